The first kappa shape index (κ1) is 18.9. The van der Waals surface area contributed by atoms with E-state index >= 15 is 0 Å². The Bertz CT molecular complexity index is 263. The third-order valence-corrected chi connectivity index (χ3v) is 4.60. The van der Waals surface area contributed by atoms with E-state index in [1.54, 1.807) is 7.11 Å². The van der Waals surface area contributed by atoms with E-state index in [1.165, 1.54) is 32.2 Å². The molecule has 0 aliphatic heterocycles. The Kier molecular flexibility index (Phi) is 9.49. The van der Waals surface area contributed by atoms with E-state index in [9.17, 15) is 0 Å². The van der Waals surface area contributed by atoms with Crippen LogP contribution in [0.4, 0.5) is 0 Å². The lowest BCUT2D eigenvalue weighted by atomic mass is 9.69. The smallest absolute Gasteiger partial charge is 0.0593 e. The highest BCUT2D eigenvalue weighted by Gasteiger charge is 2.35. The summed E-state index contributed by atoms with van der Waals surface area (Å²) < 4.78 is 10.6. The SMILES string of the molecule is CCOCCN(C)CC1(CNCCOC)CCCC(C)C1. The number of hydrogen-bond acceptors (Lipinski definition) is 4. The van der Waals surface area contributed by atoms with Crippen molar-refractivity contribution in [3.8, 4) is 0 Å². The molecule has 4 heteroatoms. The summed E-state index contributed by atoms with van der Waals surface area (Å²) in [4.78, 5) is 2.45. The van der Waals surface area contributed by atoms with Gasteiger partial charge in [0, 0.05) is 39.9 Å². The molecule has 126 valence electrons. The van der Waals surface area contributed by atoms with Gasteiger partial charge in [0.2, 0.25) is 0 Å². The van der Waals surface area contributed by atoms with Gasteiger partial charge in [-0.2, -0.15) is 0 Å². The average Bonchev–Trinajstić information content (AvgIpc) is 2.44. The lowest BCUT2D eigenvalue weighted by molar-refractivity contribution is 0.0666. The van der Waals surface area contributed by atoms with E-state index < -0.39 is 0 Å². The third kappa shape index (κ3) is 7.59. The normalized spacial score (nSPS) is 26.4. The summed E-state index contributed by atoms with van der Waals surface area (Å²) in [5, 5.41) is 3.61. The minimum absolute atomic E-state index is 0.423. The maximum absolute atomic E-state index is 5.49. The molecular formula is C17H36N2O2. The van der Waals surface area contributed by atoms with Crippen molar-refractivity contribution in [2.24, 2.45) is 11.3 Å². The van der Waals surface area contributed by atoms with Gasteiger partial charge in [0.25, 0.3) is 0 Å². The Morgan fingerprint density at radius 1 is 1.33 bits per heavy atom. The summed E-state index contributed by atoms with van der Waals surface area (Å²) in [6.07, 6.45) is 5.44. The molecule has 1 fully saturated rings. The predicted molar refractivity (Wildman–Crippen MR) is 88.8 cm³/mol. The van der Waals surface area contributed by atoms with Crippen LogP contribution in [0.5, 0.6) is 0 Å². The monoisotopic (exact) mass is 300 g/mol. The van der Waals surface area contributed by atoms with Gasteiger partial charge in [-0.05, 0) is 38.1 Å². The largest absolute Gasteiger partial charge is 0.383 e. The van der Waals surface area contributed by atoms with E-state index in [-0.39, 0.29) is 0 Å². The van der Waals surface area contributed by atoms with Crippen molar-refractivity contribution in [1.29, 1.82) is 0 Å². The summed E-state index contributed by atoms with van der Waals surface area (Å²) >= 11 is 0. The number of rotatable bonds is 11. The molecule has 1 saturated carbocycles. The predicted octanol–water partition coefficient (Wildman–Crippen LogP) is 2.39. The number of methoxy groups -OCH3 is 1. The van der Waals surface area contributed by atoms with Crippen LogP contribution in [0.1, 0.15) is 39.5 Å². The molecule has 0 radical (unpaired) electrons. The molecule has 1 N–H and O–H groups in total. The van der Waals surface area contributed by atoms with E-state index in [2.05, 4.69) is 31.1 Å². The number of likely N-dealkylation sites (N-methyl/N-ethyl adjacent to an activating group) is 1. The zero-order valence-corrected chi connectivity index (χ0v) is 14.6. The van der Waals surface area contributed by atoms with Gasteiger partial charge in [-0.1, -0.05) is 19.8 Å². The van der Waals surface area contributed by atoms with Gasteiger partial charge in [0.15, 0.2) is 0 Å². The topological polar surface area (TPSA) is 33.7 Å². The summed E-state index contributed by atoms with van der Waals surface area (Å²) in [5.74, 6) is 0.850. The van der Waals surface area contributed by atoms with Crippen LogP contribution < -0.4 is 5.32 Å². The van der Waals surface area contributed by atoms with Crippen molar-refractivity contribution in [1.82, 2.24) is 10.2 Å². The number of nitrogens with zero attached hydrogens (tertiary/aromatic N) is 1. The third-order valence-electron chi connectivity index (χ3n) is 4.60. The Labute approximate surface area is 131 Å². The molecule has 2 atom stereocenters. The highest BCUT2D eigenvalue weighted by Crippen LogP contribution is 2.39. The van der Waals surface area contributed by atoms with Crippen molar-refractivity contribution < 1.29 is 9.47 Å². The van der Waals surface area contributed by atoms with E-state index in [0.717, 1.165) is 45.4 Å². The van der Waals surface area contributed by atoms with Gasteiger partial charge in [0.1, 0.15) is 0 Å². The second kappa shape index (κ2) is 10.5. The molecular weight excluding hydrogens is 264 g/mol. The molecule has 4 nitrogen and oxygen atoms in total. The maximum Gasteiger partial charge on any atom is 0.0593 e. The minimum Gasteiger partial charge on any atom is -0.383 e. The first-order chi connectivity index (χ1) is 10.1. The molecule has 0 aromatic carbocycles. The number of hydrogen-bond donors (Lipinski definition) is 1. The Morgan fingerprint density at radius 2 is 2.14 bits per heavy atom. The van der Waals surface area contributed by atoms with E-state index in [4.69, 9.17) is 9.47 Å². The molecule has 21 heavy (non-hydrogen) atoms. The molecule has 0 aromatic heterocycles. The molecule has 0 amide bonds. The van der Waals surface area contributed by atoms with Crippen molar-refractivity contribution in [3.05, 3.63) is 0 Å². The summed E-state index contributed by atoms with van der Waals surface area (Å²) in [5.41, 5.74) is 0.423. The van der Waals surface area contributed by atoms with Gasteiger partial charge >= 0.3 is 0 Å². The first-order valence-electron chi connectivity index (χ1n) is 8.58. The molecule has 0 heterocycles. The van der Waals surface area contributed by atoms with Gasteiger partial charge in [-0.15, -0.1) is 0 Å². The zero-order valence-electron chi connectivity index (χ0n) is 14.6. The number of ether oxygens (including phenoxy) is 2. The average molecular weight is 300 g/mol. The Hall–Kier alpha value is -0.160. The van der Waals surface area contributed by atoms with Crippen molar-refractivity contribution in [2.75, 3.05) is 60.2 Å². The lowest BCUT2D eigenvalue weighted by Crippen LogP contribution is -2.46. The Morgan fingerprint density at radius 3 is 2.81 bits per heavy atom. The van der Waals surface area contributed by atoms with E-state index in [0.29, 0.717) is 5.41 Å². The molecule has 0 aromatic rings. The molecule has 0 bridgehead atoms. The first-order valence-corrected chi connectivity index (χ1v) is 8.58. The maximum atomic E-state index is 5.49. The number of nitrogens with one attached hydrogen (secondary N) is 1. The molecule has 0 spiro atoms. The van der Waals surface area contributed by atoms with Crippen molar-refractivity contribution in [3.63, 3.8) is 0 Å². The van der Waals surface area contributed by atoms with Gasteiger partial charge in [0.05, 0.1) is 13.2 Å². The van der Waals surface area contributed by atoms with Crippen LogP contribution in [0.15, 0.2) is 0 Å². The fourth-order valence-corrected chi connectivity index (χ4v) is 3.67. The van der Waals surface area contributed by atoms with Crippen LogP contribution in [0.2, 0.25) is 0 Å². The standard InChI is InChI=1S/C17H36N2O2/c1-5-21-12-10-19(3)15-17(14-18-9-11-20-4)8-6-7-16(2)13-17/h16,18H,5-15H2,1-4H3. The molecule has 1 aliphatic carbocycles. The molecule has 1 aliphatic rings. The molecule has 2 unspecified atom stereocenters. The van der Waals surface area contributed by atoms with Crippen molar-refractivity contribution in [2.45, 2.75) is 39.5 Å². The highest BCUT2D eigenvalue weighted by molar-refractivity contribution is 4.89. The van der Waals surface area contributed by atoms with E-state index in [1.807, 2.05) is 0 Å². The van der Waals surface area contributed by atoms with Gasteiger partial charge in [-0.25, -0.2) is 0 Å². The van der Waals surface area contributed by atoms with Crippen LogP contribution in [0, 0.1) is 11.3 Å². The lowest BCUT2D eigenvalue weighted by Gasteiger charge is -2.43. The van der Waals surface area contributed by atoms with Gasteiger partial charge < -0.3 is 19.7 Å². The molecule has 0 saturated heterocycles. The fourth-order valence-electron chi connectivity index (χ4n) is 3.67. The second-order valence-corrected chi connectivity index (χ2v) is 6.81. The Balaban J connectivity index is 2.46. The van der Waals surface area contributed by atoms with Crippen LogP contribution in [0.25, 0.3) is 0 Å². The summed E-state index contributed by atoms with van der Waals surface area (Å²) in [7, 11) is 4.00. The van der Waals surface area contributed by atoms with Crippen LogP contribution in [0.3, 0.4) is 0 Å². The second-order valence-electron chi connectivity index (χ2n) is 6.81. The summed E-state index contributed by atoms with van der Waals surface area (Å²) in [6.45, 7) is 11.2. The van der Waals surface area contributed by atoms with Crippen molar-refractivity contribution >= 4 is 0 Å². The highest BCUT2D eigenvalue weighted by atomic mass is 16.5. The summed E-state index contributed by atoms with van der Waals surface area (Å²) in [6, 6.07) is 0. The fraction of sp³-hybridized carbons (Fsp3) is 1.00. The van der Waals surface area contributed by atoms with Crippen LogP contribution >= 0.6 is 0 Å². The zero-order chi connectivity index (χ0) is 15.6. The van der Waals surface area contributed by atoms with Crippen LogP contribution in [-0.2, 0) is 9.47 Å². The quantitative estimate of drug-likeness (QED) is 0.594. The minimum atomic E-state index is 0.423. The van der Waals surface area contributed by atoms with Crippen LogP contribution in [-0.4, -0.2) is 65.1 Å². The van der Waals surface area contributed by atoms with Gasteiger partial charge in [-0.3, -0.25) is 0 Å². The molecule has 1 rings (SSSR count).